The summed E-state index contributed by atoms with van der Waals surface area (Å²) in [6.07, 6.45) is 3.07. The van der Waals surface area contributed by atoms with E-state index < -0.39 is 0 Å². The van der Waals surface area contributed by atoms with Crippen LogP contribution in [0.15, 0.2) is 48.7 Å². The highest BCUT2D eigenvalue weighted by Crippen LogP contribution is 2.36. The Bertz CT molecular complexity index is 1050. The Morgan fingerprint density at radius 2 is 1.97 bits per heavy atom. The number of nitrogens with zero attached hydrogens (tertiary/aromatic N) is 3. The Balaban J connectivity index is 1.38. The Labute approximate surface area is 178 Å². The number of halogens is 1. The second kappa shape index (κ2) is 7.44. The number of anilines is 2. The summed E-state index contributed by atoms with van der Waals surface area (Å²) < 4.78 is 0. The van der Waals surface area contributed by atoms with E-state index in [4.69, 9.17) is 11.6 Å². The molecule has 5 rings (SSSR count). The van der Waals surface area contributed by atoms with Gasteiger partial charge in [0.05, 0.1) is 22.9 Å². The molecule has 1 aromatic carbocycles. The van der Waals surface area contributed by atoms with E-state index in [1.165, 1.54) is 11.3 Å². The molecular weight excluding hydrogens is 406 g/mol. The van der Waals surface area contributed by atoms with Gasteiger partial charge in [0.25, 0.3) is 5.91 Å². The molecule has 2 aliphatic heterocycles. The van der Waals surface area contributed by atoms with Crippen molar-refractivity contribution in [2.75, 3.05) is 29.4 Å². The number of aliphatic hydroxyl groups excluding tert-OH is 1. The number of carbonyl (C=O) groups is 1. The summed E-state index contributed by atoms with van der Waals surface area (Å²) in [7, 11) is 0. The molecule has 1 amide bonds. The summed E-state index contributed by atoms with van der Waals surface area (Å²) in [6, 6.07) is 13.7. The molecule has 2 aliphatic rings. The molecule has 0 aliphatic carbocycles. The molecule has 148 valence electrons. The number of β-amino-alcohol motifs (C(OH)–C–C–N with tert-alkyl or cyclic N) is 1. The van der Waals surface area contributed by atoms with Crippen LogP contribution in [0.4, 0.5) is 11.5 Å². The highest BCUT2D eigenvalue weighted by Gasteiger charge is 2.29. The fourth-order valence-electron chi connectivity index (χ4n) is 3.93. The first-order chi connectivity index (χ1) is 14.1. The quantitative estimate of drug-likeness (QED) is 0.682. The zero-order chi connectivity index (χ0) is 20.0. The number of hydrogen-bond acceptors (Lipinski definition) is 5. The molecule has 0 saturated carbocycles. The minimum Gasteiger partial charge on any atom is -0.391 e. The number of aliphatic hydroxyl groups is 1. The Morgan fingerprint density at radius 3 is 2.66 bits per heavy atom. The van der Waals surface area contributed by atoms with E-state index in [0.717, 1.165) is 51.8 Å². The van der Waals surface area contributed by atoms with Gasteiger partial charge in [-0.1, -0.05) is 23.7 Å². The first kappa shape index (κ1) is 18.6. The Hall–Kier alpha value is -2.41. The van der Waals surface area contributed by atoms with Crippen molar-refractivity contribution in [1.29, 1.82) is 0 Å². The van der Waals surface area contributed by atoms with E-state index in [1.54, 1.807) is 11.1 Å². The smallest absolute Gasteiger partial charge is 0.268 e. The summed E-state index contributed by atoms with van der Waals surface area (Å²) >= 11 is 7.53. The number of benzene rings is 1. The van der Waals surface area contributed by atoms with Crippen LogP contribution in [0.5, 0.6) is 0 Å². The highest BCUT2D eigenvalue weighted by atomic mass is 35.5. The maximum Gasteiger partial charge on any atom is 0.268 e. The molecular formula is C22H20ClN3O2S. The fraction of sp³-hybridized carbons (Fsp3) is 0.273. The van der Waals surface area contributed by atoms with Crippen molar-refractivity contribution in [3.05, 3.63) is 64.1 Å². The van der Waals surface area contributed by atoms with Crippen LogP contribution in [0.3, 0.4) is 0 Å². The zero-order valence-corrected chi connectivity index (χ0v) is 17.3. The lowest BCUT2D eigenvalue weighted by molar-refractivity contribution is 0.0985. The van der Waals surface area contributed by atoms with Gasteiger partial charge >= 0.3 is 0 Å². The molecule has 2 aromatic heterocycles. The first-order valence-corrected chi connectivity index (χ1v) is 10.9. The summed E-state index contributed by atoms with van der Waals surface area (Å²) in [6.45, 7) is 2.06. The molecule has 3 aromatic rings. The van der Waals surface area contributed by atoms with Gasteiger partial charge in [0, 0.05) is 29.5 Å². The van der Waals surface area contributed by atoms with Gasteiger partial charge in [-0.25, -0.2) is 4.98 Å². The van der Waals surface area contributed by atoms with Crippen LogP contribution in [0.1, 0.15) is 21.7 Å². The second-order valence-electron chi connectivity index (χ2n) is 7.44. The van der Waals surface area contributed by atoms with Crippen molar-refractivity contribution in [3.8, 4) is 10.4 Å². The summed E-state index contributed by atoms with van der Waals surface area (Å²) in [5.41, 5.74) is 2.99. The second-order valence-corrected chi connectivity index (χ2v) is 8.93. The molecule has 0 bridgehead atoms. The number of fused-ring (bicyclic) bond motifs is 1. The molecule has 29 heavy (non-hydrogen) atoms. The zero-order valence-electron chi connectivity index (χ0n) is 15.7. The largest absolute Gasteiger partial charge is 0.391 e. The van der Waals surface area contributed by atoms with E-state index in [1.807, 2.05) is 36.4 Å². The lowest BCUT2D eigenvalue weighted by atomic mass is 10.1. The summed E-state index contributed by atoms with van der Waals surface area (Å²) in [5.74, 6) is 0.874. The number of pyridine rings is 1. The topological polar surface area (TPSA) is 56.7 Å². The van der Waals surface area contributed by atoms with Gasteiger partial charge < -0.3 is 14.9 Å². The van der Waals surface area contributed by atoms with Crippen LogP contribution in [0.25, 0.3) is 10.4 Å². The average Bonchev–Trinajstić information content (AvgIpc) is 3.36. The molecule has 0 spiro atoms. The van der Waals surface area contributed by atoms with Gasteiger partial charge in [-0.05, 0) is 54.3 Å². The standard InChI is InChI=1S/C22H20ClN3O2S/c23-16-3-1-14(2-4-16)19-11-15-7-10-26(22(28)21(15)29-19)17-5-6-20(24-12-17)25-9-8-18(27)13-25/h1-6,11-12,18,27H,7-10,13H2. The Kier molecular flexibility index (Phi) is 4.78. The Morgan fingerprint density at radius 1 is 1.14 bits per heavy atom. The van der Waals surface area contributed by atoms with Crippen LogP contribution < -0.4 is 9.80 Å². The maximum absolute atomic E-state index is 13.1. The minimum atomic E-state index is -0.285. The van der Waals surface area contributed by atoms with Crippen LogP contribution in [-0.2, 0) is 6.42 Å². The molecule has 5 nitrogen and oxygen atoms in total. The van der Waals surface area contributed by atoms with Crippen LogP contribution in [0, 0.1) is 0 Å². The molecule has 1 N–H and O–H groups in total. The molecule has 0 radical (unpaired) electrons. The van der Waals surface area contributed by atoms with Crippen molar-refractivity contribution in [2.45, 2.75) is 18.9 Å². The predicted octanol–water partition coefficient (Wildman–Crippen LogP) is 4.24. The van der Waals surface area contributed by atoms with Crippen molar-refractivity contribution in [1.82, 2.24) is 4.98 Å². The van der Waals surface area contributed by atoms with Gasteiger partial charge in [-0.2, -0.15) is 0 Å². The number of amides is 1. The van der Waals surface area contributed by atoms with E-state index in [9.17, 15) is 9.90 Å². The van der Waals surface area contributed by atoms with Gasteiger partial charge in [0.15, 0.2) is 0 Å². The maximum atomic E-state index is 13.1. The van der Waals surface area contributed by atoms with Crippen molar-refractivity contribution < 1.29 is 9.90 Å². The number of rotatable bonds is 3. The lowest BCUT2D eigenvalue weighted by Gasteiger charge is -2.27. The number of aromatic nitrogens is 1. The van der Waals surface area contributed by atoms with Gasteiger partial charge in [0.2, 0.25) is 0 Å². The number of hydrogen-bond donors (Lipinski definition) is 1. The van der Waals surface area contributed by atoms with Crippen molar-refractivity contribution in [2.24, 2.45) is 0 Å². The molecule has 1 unspecified atom stereocenters. The van der Waals surface area contributed by atoms with Crippen LogP contribution in [0.2, 0.25) is 5.02 Å². The van der Waals surface area contributed by atoms with Crippen LogP contribution >= 0.6 is 22.9 Å². The first-order valence-electron chi connectivity index (χ1n) is 9.68. The fourth-order valence-corrected chi connectivity index (χ4v) is 5.22. The van der Waals surface area contributed by atoms with E-state index >= 15 is 0 Å². The van der Waals surface area contributed by atoms with E-state index in [0.29, 0.717) is 18.1 Å². The summed E-state index contributed by atoms with van der Waals surface area (Å²) in [5, 5.41) is 10.4. The third kappa shape index (κ3) is 3.52. The molecule has 1 fully saturated rings. The van der Waals surface area contributed by atoms with Crippen molar-refractivity contribution >= 4 is 40.4 Å². The normalized spacial score (nSPS) is 19.0. The number of thiophene rings is 1. The third-order valence-electron chi connectivity index (χ3n) is 5.51. The van der Waals surface area contributed by atoms with Gasteiger partial charge in [0.1, 0.15) is 5.82 Å². The molecule has 1 saturated heterocycles. The van der Waals surface area contributed by atoms with E-state index in [-0.39, 0.29) is 12.0 Å². The third-order valence-corrected chi connectivity index (χ3v) is 6.98. The number of carbonyl (C=O) groups excluding carboxylic acids is 1. The highest BCUT2D eigenvalue weighted by molar-refractivity contribution is 7.17. The minimum absolute atomic E-state index is 0.0302. The molecule has 7 heteroatoms. The molecule has 1 atom stereocenters. The lowest BCUT2D eigenvalue weighted by Crippen LogP contribution is -2.36. The van der Waals surface area contributed by atoms with Gasteiger partial charge in [-0.3, -0.25) is 4.79 Å². The van der Waals surface area contributed by atoms with Crippen LogP contribution in [-0.4, -0.2) is 41.7 Å². The monoisotopic (exact) mass is 425 g/mol. The van der Waals surface area contributed by atoms with Crippen molar-refractivity contribution in [3.63, 3.8) is 0 Å². The summed E-state index contributed by atoms with van der Waals surface area (Å²) in [4.78, 5) is 23.4. The van der Waals surface area contributed by atoms with E-state index in [2.05, 4.69) is 16.0 Å². The predicted molar refractivity (Wildman–Crippen MR) is 117 cm³/mol. The SMILES string of the molecule is O=C1c2sc(-c3ccc(Cl)cc3)cc2CCN1c1ccc(N2CCC(O)C2)nc1. The van der Waals surface area contributed by atoms with Gasteiger partial charge in [-0.15, -0.1) is 11.3 Å². The average molecular weight is 426 g/mol. The molecule has 4 heterocycles.